The molecule has 3 aromatic rings. The average molecular weight is 437 g/mol. The van der Waals surface area contributed by atoms with Gasteiger partial charge in [0.2, 0.25) is 0 Å². The van der Waals surface area contributed by atoms with E-state index in [0.29, 0.717) is 32.4 Å². The highest BCUT2D eigenvalue weighted by atomic mass is 35.5. The molecule has 1 N–H and O–H groups in total. The zero-order chi connectivity index (χ0) is 21.4. The molecule has 0 unspecified atom stereocenters. The molecule has 1 aliphatic heterocycles. The zero-order valence-corrected chi connectivity index (χ0v) is 17.9. The lowest BCUT2D eigenvalue weighted by atomic mass is 10.0. The second-order valence-electron chi connectivity index (χ2n) is 7.03. The van der Waals surface area contributed by atoms with E-state index in [9.17, 15) is 9.59 Å². The summed E-state index contributed by atoms with van der Waals surface area (Å²) in [5.74, 6) is -0.845. The van der Waals surface area contributed by atoms with E-state index in [1.165, 1.54) is 4.90 Å². The number of amides is 2. The van der Waals surface area contributed by atoms with Crippen LogP contribution in [0.1, 0.15) is 16.7 Å². The molecule has 3 aromatic carbocycles. The molecule has 0 aromatic heterocycles. The lowest BCUT2D eigenvalue weighted by Gasteiger charge is -2.18. The van der Waals surface area contributed by atoms with Gasteiger partial charge in [-0.2, -0.15) is 0 Å². The van der Waals surface area contributed by atoms with Crippen molar-refractivity contribution < 1.29 is 9.59 Å². The average Bonchev–Trinajstić information content (AvgIpc) is 2.96. The number of anilines is 2. The fourth-order valence-corrected chi connectivity index (χ4v) is 3.73. The lowest BCUT2D eigenvalue weighted by molar-refractivity contribution is -0.120. The van der Waals surface area contributed by atoms with Gasteiger partial charge in [0.25, 0.3) is 11.8 Å². The van der Waals surface area contributed by atoms with E-state index in [4.69, 9.17) is 23.2 Å². The number of nitrogens with one attached hydrogen (secondary N) is 1. The SMILES string of the molecule is Cc1ccccc1NC1=C(c2ccc(Cl)cc2)C(=O)N(c2cccc(Cl)c2C)C1=O. The molecule has 4 rings (SSSR count). The van der Waals surface area contributed by atoms with Gasteiger partial charge in [0.1, 0.15) is 5.70 Å². The van der Waals surface area contributed by atoms with E-state index in [2.05, 4.69) is 5.32 Å². The van der Waals surface area contributed by atoms with Crippen LogP contribution in [-0.4, -0.2) is 11.8 Å². The van der Waals surface area contributed by atoms with Crippen molar-refractivity contribution in [3.05, 3.63) is 99.2 Å². The molecule has 0 radical (unpaired) electrons. The summed E-state index contributed by atoms with van der Waals surface area (Å²) in [5.41, 5.74) is 3.95. The Hall–Kier alpha value is -3.08. The molecule has 0 saturated heterocycles. The van der Waals surface area contributed by atoms with E-state index in [0.717, 1.165) is 11.3 Å². The third kappa shape index (κ3) is 3.49. The molecular weight excluding hydrogens is 419 g/mol. The van der Waals surface area contributed by atoms with Crippen molar-refractivity contribution >= 4 is 52.0 Å². The fourth-order valence-electron chi connectivity index (χ4n) is 3.43. The first-order valence-electron chi connectivity index (χ1n) is 9.35. The molecule has 0 atom stereocenters. The highest BCUT2D eigenvalue weighted by molar-refractivity contribution is 6.46. The van der Waals surface area contributed by atoms with Crippen molar-refractivity contribution in [1.29, 1.82) is 0 Å². The van der Waals surface area contributed by atoms with Crippen LogP contribution < -0.4 is 10.2 Å². The van der Waals surface area contributed by atoms with Crippen molar-refractivity contribution in [2.75, 3.05) is 10.2 Å². The molecular formula is C24H18Cl2N2O2. The molecule has 0 bridgehead atoms. The van der Waals surface area contributed by atoms with Gasteiger partial charge in [-0.15, -0.1) is 0 Å². The van der Waals surface area contributed by atoms with E-state index in [-0.39, 0.29) is 5.70 Å². The van der Waals surface area contributed by atoms with Gasteiger partial charge in [0, 0.05) is 15.7 Å². The van der Waals surface area contributed by atoms with Gasteiger partial charge in [-0.3, -0.25) is 9.59 Å². The van der Waals surface area contributed by atoms with E-state index in [1.807, 2.05) is 31.2 Å². The van der Waals surface area contributed by atoms with Gasteiger partial charge >= 0.3 is 0 Å². The zero-order valence-electron chi connectivity index (χ0n) is 16.4. The van der Waals surface area contributed by atoms with E-state index < -0.39 is 11.8 Å². The van der Waals surface area contributed by atoms with Crippen LogP contribution in [0.25, 0.3) is 5.57 Å². The number of rotatable bonds is 4. The molecule has 0 aliphatic carbocycles. The minimum Gasteiger partial charge on any atom is -0.350 e. The third-order valence-electron chi connectivity index (χ3n) is 5.10. The van der Waals surface area contributed by atoms with Gasteiger partial charge in [-0.05, 0) is 60.9 Å². The molecule has 1 aliphatic rings. The van der Waals surface area contributed by atoms with Gasteiger partial charge in [0.05, 0.1) is 11.3 Å². The Kier molecular flexibility index (Phi) is 5.37. The summed E-state index contributed by atoms with van der Waals surface area (Å²) in [6.07, 6.45) is 0. The Morgan fingerprint density at radius 1 is 0.800 bits per heavy atom. The van der Waals surface area contributed by atoms with E-state index >= 15 is 0 Å². The largest absolute Gasteiger partial charge is 0.350 e. The van der Waals surface area contributed by atoms with Crippen molar-refractivity contribution in [2.24, 2.45) is 0 Å². The number of hydrogen-bond acceptors (Lipinski definition) is 3. The van der Waals surface area contributed by atoms with Crippen LogP contribution in [0.4, 0.5) is 11.4 Å². The minimum absolute atomic E-state index is 0.219. The van der Waals surface area contributed by atoms with Crippen LogP contribution in [0.15, 0.2) is 72.4 Å². The molecule has 0 saturated carbocycles. The van der Waals surface area contributed by atoms with Crippen LogP contribution in [0.5, 0.6) is 0 Å². The summed E-state index contributed by atoms with van der Waals surface area (Å²) < 4.78 is 0. The summed E-state index contributed by atoms with van der Waals surface area (Å²) in [6, 6.07) is 19.6. The van der Waals surface area contributed by atoms with Gasteiger partial charge in [0.15, 0.2) is 0 Å². The first-order chi connectivity index (χ1) is 14.4. The number of nitrogens with zero attached hydrogens (tertiary/aromatic N) is 1. The second kappa shape index (κ2) is 7.98. The molecule has 2 amide bonds. The lowest BCUT2D eigenvalue weighted by Crippen LogP contribution is -2.33. The molecule has 6 heteroatoms. The number of imide groups is 1. The smallest absolute Gasteiger partial charge is 0.282 e. The molecule has 0 spiro atoms. The van der Waals surface area contributed by atoms with Crippen molar-refractivity contribution in [1.82, 2.24) is 0 Å². The fraction of sp³-hybridized carbons (Fsp3) is 0.0833. The van der Waals surface area contributed by atoms with Gasteiger partial charge < -0.3 is 5.32 Å². The Labute approximate surface area is 184 Å². The summed E-state index contributed by atoms with van der Waals surface area (Å²) in [5, 5.41) is 4.22. The van der Waals surface area contributed by atoms with Crippen LogP contribution in [0.2, 0.25) is 10.0 Å². The predicted molar refractivity (Wildman–Crippen MR) is 122 cm³/mol. The number of para-hydroxylation sites is 1. The Balaban J connectivity index is 1.87. The Morgan fingerprint density at radius 2 is 1.50 bits per heavy atom. The van der Waals surface area contributed by atoms with Crippen LogP contribution in [0.3, 0.4) is 0 Å². The quantitative estimate of drug-likeness (QED) is 0.509. The third-order valence-corrected chi connectivity index (χ3v) is 5.76. The molecule has 1 heterocycles. The number of hydrogen-bond donors (Lipinski definition) is 1. The first-order valence-corrected chi connectivity index (χ1v) is 10.1. The highest BCUT2D eigenvalue weighted by Gasteiger charge is 2.41. The first kappa shape index (κ1) is 20.2. The summed E-state index contributed by atoms with van der Waals surface area (Å²) in [7, 11) is 0. The maximum atomic E-state index is 13.5. The molecule has 30 heavy (non-hydrogen) atoms. The van der Waals surface area contributed by atoms with E-state index in [1.54, 1.807) is 49.4 Å². The predicted octanol–water partition coefficient (Wildman–Crippen LogP) is 6.01. The number of benzene rings is 3. The summed E-state index contributed by atoms with van der Waals surface area (Å²) in [6.45, 7) is 3.72. The van der Waals surface area contributed by atoms with Gasteiger partial charge in [-0.1, -0.05) is 59.6 Å². The maximum absolute atomic E-state index is 13.5. The Morgan fingerprint density at radius 3 is 2.20 bits per heavy atom. The summed E-state index contributed by atoms with van der Waals surface area (Å²) in [4.78, 5) is 28.1. The number of aryl methyl sites for hydroxylation is 1. The van der Waals surface area contributed by atoms with Crippen molar-refractivity contribution in [3.8, 4) is 0 Å². The number of carbonyl (C=O) groups is 2. The monoisotopic (exact) mass is 436 g/mol. The highest BCUT2D eigenvalue weighted by Crippen LogP contribution is 2.37. The van der Waals surface area contributed by atoms with Crippen LogP contribution in [-0.2, 0) is 9.59 Å². The van der Waals surface area contributed by atoms with Crippen molar-refractivity contribution in [3.63, 3.8) is 0 Å². The molecule has 0 fully saturated rings. The van der Waals surface area contributed by atoms with Crippen LogP contribution >= 0.6 is 23.2 Å². The normalized spacial score (nSPS) is 13.9. The minimum atomic E-state index is -0.432. The maximum Gasteiger partial charge on any atom is 0.282 e. The Bertz CT molecular complexity index is 1200. The van der Waals surface area contributed by atoms with Crippen molar-refractivity contribution in [2.45, 2.75) is 13.8 Å². The number of carbonyl (C=O) groups excluding carboxylic acids is 2. The summed E-state index contributed by atoms with van der Waals surface area (Å²) >= 11 is 12.3. The molecule has 150 valence electrons. The van der Waals surface area contributed by atoms with Gasteiger partial charge in [-0.25, -0.2) is 4.90 Å². The standard InChI is InChI=1S/C24H18Cl2N2O2/c1-14-6-3-4-8-19(14)27-22-21(16-10-12-17(25)13-11-16)23(29)28(24(22)30)20-9-5-7-18(26)15(20)2/h3-13,27H,1-2H3. The van der Waals surface area contributed by atoms with Crippen LogP contribution in [0, 0.1) is 13.8 Å². The molecule has 4 nitrogen and oxygen atoms in total. The number of halogens is 2. The topological polar surface area (TPSA) is 49.4 Å². The second-order valence-corrected chi connectivity index (χ2v) is 7.87.